The molecule has 5 heteroatoms. The largest absolute Gasteiger partial charge is 0.492 e. The van der Waals surface area contributed by atoms with Gasteiger partial charge >= 0.3 is 0 Å². The second-order valence-corrected chi connectivity index (χ2v) is 9.26. The van der Waals surface area contributed by atoms with Gasteiger partial charge in [-0.1, -0.05) is 36.4 Å². The highest BCUT2D eigenvalue weighted by atomic mass is 19.1. The van der Waals surface area contributed by atoms with Gasteiger partial charge in [0.1, 0.15) is 36.5 Å². The number of piperidine rings is 1. The van der Waals surface area contributed by atoms with Gasteiger partial charge in [-0.15, -0.1) is 0 Å². The number of hydrogen-bond acceptors (Lipinski definition) is 3. The summed E-state index contributed by atoms with van der Waals surface area (Å²) < 4.78 is 20.1. The van der Waals surface area contributed by atoms with Gasteiger partial charge < -0.3 is 10.5 Å². The molecule has 4 nitrogen and oxygen atoms in total. The summed E-state index contributed by atoms with van der Waals surface area (Å²) in [5, 5.41) is 0. The molecule has 0 spiro atoms. The predicted octanol–water partition coefficient (Wildman–Crippen LogP) is 4.52. The number of likely N-dealkylation sites (N-methyl/N-ethyl adjacent to an activating group) is 1. The van der Waals surface area contributed by atoms with E-state index in [-0.39, 0.29) is 11.9 Å². The number of benzene rings is 2. The fraction of sp³-hybridized carbons (Fsp3) is 0.407. The maximum Gasteiger partial charge on any atom is 0.130 e. The van der Waals surface area contributed by atoms with Crippen LogP contribution in [0.2, 0.25) is 0 Å². The van der Waals surface area contributed by atoms with Crippen molar-refractivity contribution in [3.8, 4) is 5.75 Å². The smallest absolute Gasteiger partial charge is 0.130 e. The highest BCUT2D eigenvalue weighted by Gasteiger charge is 2.36. The maximum atomic E-state index is 13.4. The van der Waals surface area contributed by atoms with Gasteiger partial charge in [0.05, 0.1) is 13.6 Å². The molecule has 1 fully saturated rings. The Morgan fingerprint density at radius 1 is 1.09 bits per heavy atom. The second-order valence-electron chi connectivity index (χ2n) is 9.26. The lowest BCUT2D eigenvalue weighted by Gasteiger charge is -2.43. The summed E-state index contributed by atoms with van der Waals surface area (Å²) in [6.07, 6.45) is 8.89. The van der Waals surface area contributed by atoms with Crippen LogP contribution in [0.3, 0.4) is 0 Å². The van der Waals surface area contributed by atoms with E-state index in [9.17, 15) is 4.39 Å². The molecule has 2 aliphatic rings. The number of hydrogen-bond donors (Lipinski definition) is 1. The molecule has 2 aromatic rings. The van der Waals surface area contributed by atoms with Crippen LogP contribution in [0, 0.1) is 11.7 Å². The summed E-state index contributed by atoms with van der Waals surface area (Å²) >= 11 is 0. The van der Waals surface area contributed by atoms with Crippen molar-refractivity contribution >= 4 is 0 Å². The Morgan fingerprint density at radius 2 is 1.81 bits per heavy atom. The van der Waals surface area contributed by atoms with Crippen molar-refractivity contribution in [2.24, 2.45) is 11.7 Å². The molecule has 4 rings (SSSR count). The Bertz CT molecular complexity index is 920. The summed E-state index contributed by atoms with van der Waals surface area (Å²) in [6, 6.07) is 16.4. The van der Waals surface area contributed by atoms with Crippen molar-refractivity contribution in [1.82, 2.24) is 4.90 Å². The molecule has 1 unspecified atom stereocenters. The number of allylic oxidation sites excluding steroid dienone is 2. The fourth-order valence-electron chi connectivity index (χ4n) is 4.98. The number of likely N-dealkylation sites (tertiary alicyclic amines) is 1. The summed E-state index contributed by atoms with van der Waals surface area (Å²) in [5.41, 5.74) is 8.83. The van der Waals surface area contributed by atoms with Crippen LogP contribution in [0.25, 0.3) is 0 Å². The number of halogens is 1. The van der Waals surface area contributed by atoms with Crippen molar-refractivity contribution in [2.45, 2.75) is 18.9 Å². The SMILES string of the molecule is C[N@+]1(CC2CCN(CCOc3ccccc3)CC2)CC=CC=C1C(N)c1ccc(F)cc1. The highest BCUT2D eigenvalue weighted by molar-refractivity contribution is 5.28. The van der Waals surface area contributed by atoms with Gasteiger partial charge in [-0.05, 0) is 67.9 Å². The van der Waals surface area contributed by atoms with Crippen LogP contribution >= 0.6 is 0 Å². The number of nitrogens with zero attached hydrogens (tertiary/aromatic N) is 2. The van der Waals surface area contributed by atoms with E-state index in [1.807, 2.05) is 30.3 Å². The van der Waals surface area contributed by atoms with Crippen molar-refractivity contribution < 1.29 is 13.6 Å². The summed E-state index contributed by atoms with van der Waals surface area (Å²) in [5.74, 6) is 1.38. The topological polar surface area (TPSA) is 38.5 Å². The number of para-hydroxylation sites is 1. The molecule has 0 amide bonds. The van der Waals surface area contributed by atoms with Gasteiger partial charge in [-0.3, -0.25) is 9.38 Å². The Labute approximate surface area is 191 Å². The van der Waals surface area contributed by atoms with Crippen LogP contribution in [0.1, 0.15) is 24.4 Å². The third-order valence-corrected chi connectivity index (χ3v) is 6.87. The van der Waals surface area contributed by atoms with Gasteiger partial charge in [-0.25, -0.2) is 4.39 Å². The molecule has 2 atom stereocenters. The Kier molecular flexibility index (Phi) is 7.40. The molecule has 0 bridgehead atoms. The summed E-state index contributed by atoms with van der Waals surface area (Å²) in [6.45, 7) is 5.96. The molecule has 0 aromatic heterocycles. The third kappa shape index (κ3) is 5.66. The first-order chi connectivity index (χ1) is 15.5. The predicted molar refractivity (Wildman–Crippen MR) is 128 cm³/mol. The van der Waals surface area contributed by atoms with Crippen LogP contribution in [-0.2, 0) is 0 Å². The minimum Gasteiger partial charge on any atom is -0.492 e. The van der Waals surface area contributed by atoms with Crippen LogP contribution in [0.4, 0.5) is 4.39 Å². The molecular weight excluding hydrogens is 401 g/mol. The van der Waals surface area contributed by atoms with Crippen LogP contribution in [-0.4, -0.2) is 55.8 Å². The lowest BCUT2D eigenvalue weighted by Crippen LogP contribution is -2.51. The zero-order valence-corrected chi connectivity index (χ0v) is 19.0. The minimum absolute atomic E-state index is 0.222. The number of ether oxygens (including phenoxy) is 1. The van der Waals surface area contributed by atoms with E-state index in [4.69, 9.17) is 10.5 Å². The molecule has 2 aromatic carbocycles. The maximum absolute atomic E-state index is 13.4. The van der Waals surface area contributed by atoms with Crippen LogP contribution < -0.4 is 10.5 Å². The van der Waals surface area contributed by atoms with E-state index in [1.165, 1.54) is 30.7 Å². The monoisotopic (exact) mass is 436 g/mol. The standard InChI is InChI=1S/C27H35FN3O/c1-31(19-6-5-9-26(31)27(29)23-10-12-24(28)13-11-23)21-22-14-16-30(17-15-22)18-20-32-25-7-3-2-4-8-25/h2-13,22,27H,14-21,29H2,1H3/q+1/t27?,31-/m1/s1. The average Bonchev–Trinajstić information content (AvgIpc) is 2.81. The van der Waals surface area contributed by atoms with Crippen molar-refractivity contribution in [3.05, 3.63) is 89.9 Å². The van der Waals surface area contributed by atoms with Gasteiger partial charge in [-0.2, -0.15) is 0 Å². The van der Waals surface area contributed by atoms with Gasteiger partial charge in [0.2, 0.25) is 0 Å². The lowest BCUT2D eigenvalue weighted by atomic mass is 9.92. The molecule has 170 valence electrons. The quantitative estimate of drug-likeness (QED) is 0.619. The van der Waals surface area contributed by atoms with Crippen LogP contribution in [0.5, 0.6) is 5.75 Å². The van der Waals surface area contributed by atoms with Crippen molar-refractivity contribution in [3.63, 3.8) is 0 Å². The third-order valence-electron chi connectivity index (χ3n) is 6.87. The fourth-order valence-corrected chi connectivity index (χ4v) is 4.98. The molecule has 2 aliphatic heterocycles. The number of quaternary nitrogens is 1. The van der Waals surface area contributed by atoms with E-state index in [0.717, 1.165) is 55.1 Å². The van der Waals surface area contributed by atoms with E-state index in [0.29, 0.717) is 5.92 Å². The minimum atomic E-state index is -0.225. The first kappa shape index (κ1) is 22.7. The Balaban J connectivity index is 1.29. The van der Waals surface area contributed by atoms with Crippen molar-refractivity contribution in [1.29, 1.82) is 0 Å². The molecule has 0 saturated carbocycles. The molecule has 0 radical (unpaired) electrons. The van der Waals surface area contributed by atoms with Gasteiger partial charge in [0.25, 0.3) is 0 Å². The molecule has 32 heavy (non-hydrogen) atoms. The highest BCUT2D eigenvalue weighted by Crippen LogP contribution is 2.33. The molecular formula is C27H35FN3O+. The van der Waals surface area contributed by atoms with Gasteiger partial charge in [0, 0.05) is 12.5 Å². The zero-order valence-electron chi connectivity index (χ0n) is 19.0. The number of nitrogens with two attached hydrogens (primary N) is 1. The molecule has 1 saturated heterocycles. The van der Waals surface area contributed by atoms with E-state index >= 15 is 0 Å². The Hall–Kier alpha value is -2.47. The first-order valence-corrected chi connectivity index (χ1v) is 11.7. The summed E-state index contributed by atoms with van der Waals surface area (Å²) in [7, 11) is 2.29. The first-order valence-electron chi connectivity index (χ1n) is 11.7. The average molecular weight is 437 g/mol. The van der Waals surface area contributed by atoms with Crippen molar-refractivity contribution in [2.75, 3.05) is 46.4 Å². The molecule has 0 aliphatic carbocycles. The lowest BCUT2D eigenvalue weighted by molar-refractivity contribution is -0.873. The second kappa shape index (κ2) is 10.4. The molecule has 2 heterocycles. The summed E-state index contributed by atoms with van der Waals surface area (Å²) in [4.78, 5) is 2.51. The van der Waals surface area contributed by atoms with E-state index in [1.54, 1.807) is 12.1 Å². The molecule has 2 N–H and O–H groups in total. The Morgan fingerprint density at radius 3 is 2.53 bits per heavy atom. The van der Waals surface area contributed by atoms with E-state index < -0.39 is 0 Å². The normalized spacial score (nSPS) is 23.0. The zero-order chi connectivity index (χ0) is 22.4. The van der Waals surface area contributed by atoms with Gasteiger partial charge in [0.15, 0.2) is 0 Å². The van der Waals surface area contributed by atoms with E-state index in [2.05, 4.69) is 30.2 Å². The van der Waals surface area contributed by atoms with Crippen LogP contribution in [0.15, 0.2) is 78.5 Å². The number of rotatable bonds is 8.